The molecule has 0 saturated carbocycles. The van der Waals surface area contributed by atoms with Gasteiger partial charge < -0.3 is 4.90 Å². The SMILES string of the molecule is CC1(C)c2ccccc2-c2c(N(c3ccc(-c4ccc5c(c4)C(C)(c4ccccc4)c4ccccc4-5)cc3)c3cccc(-c4cccc5c4C(C)(C)c4ccccc4-5)c3)cccc21. The number of benzene rings is 9. The van der Waals surface area contributed by atoms with E-state index in [2.05, 4.69) is 246 Å². The Labute approximate surface area is 372 Å². The van der Waals surface area contributed by atoms with Gasteiger partial charge in [0, 0.05) is 33.2 Å². The van der Waals surface area contributed by atoms with E-state index in [0.29, 0.717) is 0 Å². The number of rotatable bonds is 6. The largest absolute Gasteiger partial charge is 0.310 e. The molecular formula is C62H49N. The maximum atomic E-state index is 2.50. The molecule has 1 heteroatoms. The standard InChI is InChI=1S/C62H49N/c1-60(2)53-28-13-11-24-51(53)58-55(60)30-17-31-57(58)63(45-21-15-18-42(38-45)46-25-16-26-50-48-23-9-12-27-52(48)61(3,4)59(46)50)44-35-32-40(33-36-44)41-34-37-49-47-22-10-14-29-54(47)62(5,56(49)39-41)43-19-7-6-8-20-43/h6-39H,1-5H3. The molecule has 9 aromatic rings. The normalized spacial score (nSPS) is 16.7. The molecule has 1 unspecified atom stereocenters. The monoisotopic (exact) mass is 807 g/mol. The quantitative estimate of drug-likeness (QED) is 0.162. The fraction of sp³-hybridized carbons (Fsp3) is 0.129. The van der Waals surface area contributed by atoms with Crippen molar-refractivity contribution in [1.29, 1.82) is 0 Å². The predicted molar refractivity (Wildman–Crippen MR) is 265 cm³/mol. The summed E-state index contributed by atoms with van der Waals surface area (Å²) in [5.74, 6) is 0. The van der Waals surface area contributed by atoms with Crippen molar-refractivity contribution in [3.63, 3.8) is 0 Å². The molecule has 0 saturated heterocycles. The fourth-order valence-electron chi connectivity index (χ4n) is 11.8. The zero-order valence-electron chi connectivity index (χ0n) is 36.6. The molecule has 302 valence electrons. The maximum Gasteiger partial charge on any atom is 0.0543 e. The molecule has 0 amide bonds. The van der Waals surface area contributed by atoms with Crippen molar-refractivity contribution in [3.05, 3.63) is 245 Å². The third-order valence-electron chi connectivity index (χ3n) is 14.9. The zero-order chi connectivity index (χ0) is 42.7. The summed E-state index contributed by atoms with van der Waals surface area (Å²) in [6.45, 7) is 11.9. The second-order valence-electron chi connectivity index (χ2n) is 19.0. The first-order valence-electron chi connectivity index (χ1n) is 22.4. The summed E-state index contributed by atoms with van der Waals surface area (Å²) >= 11 is 0. The first-order chi connectivity index (χ1) is 30.7. The van der Waals surface area contributed by atoms with E-state index in [0.717, 1.165) is 11.4 Å². The molecule has 3 aliphatic carbocycles. The van der Waals surface area contributed by atoms with Crippen LogP contribution in [0.25, 0.3) is 55.6 Å². The van der Waals surface area contributed by atoms with Gasteiger partial charge in [-0.3, -0.25) is 0 Å². The van der Waals surface area contributed by atoms with Crippen LogP contribution in [0.15, 0.2) is 206 Å². The Balaban J connectivity index is 1.01. The summed E-state index contributed by atoms with van der Waals surface area (Å²) in [6, 6.07) is 77.3. The van der Waals surface area contributed by atoms with Crippen LogP contribution in [-0.2, 0) is 16.2 Å². The van der Waals surface area contributed by atoms with Crippen LogP contribution < -0.4 is 4.90 Å². The van der Waals surface area contributed by atoms with Crippen LogP contribution in [-0.4, -0.2) is 0 Å². The van der Waals surface area contributed by atoms with Gasteiger partial charge in [-0.25, -0.2) is 0 Å². The molecule has 3 aliphatic rings. The predicted octanol–water partition coefficient (Wildman–Crippen LogP) is 16.4. The van der Waals surface area contributed by atoms with Gasteiger partial charge in [0.05, 0.1) is 5.69 Å². The van der Waals surface area contributed by atoms with Gasteiger partial charge in [0.2, 0.25) is 0 Å². The van der Waals surface area contributed by atoms with Crippen molar-refractivity contribution in [1.82, 2.24) is 0 Å². The lowest BCUT2D eigenvalue weighted by molar-refractivity contribution is 0.660. The first kappa shape index (κ1) is 37.5. The Kier molecular flexibility index (Phi) is 8.13. The van der Waals surface area contributed by atoms with Gasteiger partial charge in [-0.2, -0.15) is 0 Å². The average Bonchev–Trinajstić information content (AvgIpc) is 3.84. The van der Waals surface area contributed by atoms with Crippen LogP contribution >= 0.6 is 0 Å². The van der Waals surface area contributed by atoms with Crippen molar-refractivity contribution in [2.75, 3.05) is 4.90 Å². The molecule has 1 nitrogen and oxygen atoms in total. The molecule has 0 N–H and O–H groups in total. The summed E-state index contributed by atoms with van der Waals surface area (Å²) in [5.41, 5.74) is 25.4. The minimum atomic E-state index is -0.250. The van der Waals surface area contributed by atoms with Crippen LogP contribution in [0.1, 0.15) is 73.6 Å². The summed E-state index contributed by atoms with van der Waals surface area (Å²) in [6.07, 6.45) is 0. The summed E-state index contributed by atoms with van der Waals surface area (Å²) in [7, 11) is 0. The number of hydrogen-bond donors (Lipinski definition) is 0. The molecule has 0 spiro atoms. The number of anilines is 3. The minimum absolute atomic E-state index is 0.119. The second kappa shape index (κ2) is 13.6. The van der Waals surface area contributed by atoms with Crippen LogP contribution in [0.5, 0.6) is 0 Å². The molecule has 0 heterocycles. The zero-order valence-corrected chi connectivity index (χ0v) is 36.6. The van der Waals surface area contributed by atoms with E-state index in [1.165, 1.54) is 100 Å². The van der Waals surface area contributed by atoms with E-state index < -0.39 is 0 Å². The maximum absolute atomic E-state index is 2.50. The summed E-state index contributed by atoms with van der Waals surface area (Å²) < 4.78 is 0. The van der Waals surface area contributed by atoms with Gasteiger partial charge in [-0.15, -0.1) is 0 Å². The molecule has 12 rings (SSSR count). The van der Waals surface area contributed by atoms with E-state index in [-0.39, 0.29) is 16.2 Å². The number of hydrogen-bond acceptors (Lipinski definition) is 1. The summed E-state index contributed by atoms with van der Waals surface area (Å²) in [5, 5.41) is 0. The Morgan fingerprint density at radius 1 is 0.317 bits per heavy atom. The highest BCUT2D eigenvalue weighted by atomic mass is 15.1. The Morgan fingerprint density at radius 2 is 0.873 bits per heavy atom. The Hall–Kier alpha value is -7.22. The van der Waals surface area contributed by atoms with Crippen LogP contribution in [0.3, 0.4) is 0 Å². The van der Waals surface area contributed by atoms with E-state index in [1.807, 2.05) is 0 Å². The molecule has 1 atom stereocenters. The van der Waals surface area contributed by atoms with Crippen molar-refractivity contribution < 1.29 is 0 Å². The van der Waals surface area contributed by atoms with Gasteiger partial charge in [-0.1, -0.05) is 198 Å². The summed E-state index contributed by atoms with van der Waals surface area (Å²) in [4.78, 5) is 2.50. The van der Waals surface area contributed by atoms with Gasteiger partial charge in [-0.05, 0) is 132 Å². The van der Waals surface area contributed by atoms with Gasteiger partial charge >= 0.3 is 0 Å². The molecular weight excluding hydrogens is 759 g/mol. The molecule has 0 radical (unpaired) electrons. The van der Waals surface area contributed by atoms with Crippen LogP contribution in [0.4, 0.5) is 17.1 Å². The highest BCUT2D eigenvalue weighted by Crippen LogP contribution is 2.57. The molecule has 0 aliphatic heterocycles. The Bertz CT molecular complexity index is 3290. The third kappa shape index (κ3) is 5.36. The van der Waals surface area contributed by atoms with Crippen molar-refractivity contribution in [3.8, 4) is 55.6 Å². The van der Waals surface area contributed by atoms with E-state index in [1.54, 1.807) is 0 Å². The molecule has 0 fully saturated rings. The van der Waals surface area contributed by atoms with E-state index in [9.17, 15) is 0 Å². The molecule has 63 heavy (non-hydrogen) atoms. The van der Waals surface area contributed by atoms with Gasteiger partial charge in [0.25, 0.3) is 0 Å². The van der Waals surface area contributed by atoms with Crippen molar-refractivity contribution >= 4 is 17.1 Å². The number of fused-ring (bicyclic) bond motifs is 9. The third-order valence-corrected chi connectivity index (χ3v) is 14.9. The average molecular weight is 808 g/mol. The van der Waals surface area contributed by atoms with E-state index in [4.69, 9.17) is 0 Å². The topological polar surface area (TPSA) is 3.24 Å². The fourth-order valence-corrected chi connectivity index (χ4v) is 11.8. The molecule has 0 bridgehead atoms. The minimum Gasteiger partial charge on any atom is -0.310 e. The second-order valence-corrected chi connectivity index (χ2v) is 19.0. The van der Waals surface area contributed by atoms with Gasteiger partial charge in [0.15, 0.2) is 0 Å². The lowest BCUT2D eigenvalue weighted by Crippen LogP contribution is -2.22. The highest BCUT2D eigenvalue weighted by Gasteiger charge is 2.42. The van der Waals surface area contributed by atoms with Crippen LogP contribution in [0.2, 0.25) is 0 Å². The number of nitrogens with zero attached hydrogens (tertiary/aromatic N) is 1. The molecule has 0 aromatic heterocycles. The van der Waals surface area contributed by atoms with Crippen LogP contribution in [0, 0.1) is 0 Å². The molecule has 9 aromatic carbocycles. The van der Waals surface area contributed by atoms with Crippen molar-refractivity contribution in [2.45, 2.75) is 50.9 Å². The lowest BCUT2D eigenvalue weighted by atomic mass is 9.74. The lowest BCUT2D eigenvalue weighted by Gasteiger charge is -2.30. The smallest absolute Gasteiger partial charge is 0.0543 e. The Morgan fingerprint density at radius 3 is 1.63 bits per heavy atom. The van der Waals surface area contributed by atoms with Crippen molar-refractivity contribution in [2.24, 2.45) is 0 Å². The van der Waals surface area contributed by atoms with Gasteiger partial charge in [0.1, 0.15) is 0 Å². The van der Waals surface area contributed by atoms with E-state index >= 15 is 0 Å². The highest BCUT2D eigenvalue weighted by molar-refractivity contribution is 5.96. The first-order valence-corrected chi connectivity index (χ1v) is 22.4.